The molecule has 0 saturated carbocycles. The van der Waals surface area contributed by atoms with Gasteiger partial charge in [0, 0.05) is 85.5 Å². The van der Waals surface area contributed by atoms with Crippen molar-refractivity contribution < 1.29 is 0 Å². The molecule has 12 rings (SSSR count). The molecule has 6 aliphatic rings. The fourth-order valence-electron chi connectivity index (χ4n) is 13.7. The van der Waals surface area contributed by atoms with Gasteiger partial charge in [0.2, 0.25) is 0 Å². The van der Waals surface area contributed by atoms with Crippen LogP contribution in [0, 0.1) is 5.41 Å². The number of hydrogen-bond acceptors (Lipinski definition) is 6. The Hall–Kier alpha value is -2.58. The molecule has 0 fully saturated rings. The summed E-state index contributed by atoms with van der Waals surface area (Å²) in [5.41, 5.74) is 18.9. The molecular weight excluding hydrogens is 865 g/mol. The molecular formula is C56H54S6. The molecule has 0 spiro atoms. The monoisotopic (exact) mass is 918 g/mol. The van der Waals surface area contributed by atoms with Gasteiger partial charge in [-0.25, -0.2) is 0 Å². The molecule has 0 aromatic heterocycles. The predicted molar refractivity (Wildman–Crippen MR) is 271 cm³/mol. The van der Waals surface area contributed by atoms with Crippen LogP contribution in [0.25, 0.3) is 0 Å². The quantitative estimate of drug-likeness (QED) is 0.162. The summed E-state index contributed by atoms with van der Waals surface area (Å²) in [5.74, 6) is 5.94. The van der Waals surface area contributed by atoms with E-state index in [1.807, 2.05) is 70.6 Å². The number of thioether (sulfide) groups is 6. The van der Waals surface area contributed by atoms with Crippen LogP contribution >= 0.6 is 70.6 Å². The van der Waals surface area contributed by atoms with Gasteiger partial charge in [-0.2, -0.15) is 0 Å². The van der Waals surface area contributed by atoms with Crippen LogP contribution in [-0.2, 0) is 50.8 Å². The first-order chi connectivity index (χ1) is 30.4. The molecule has 18 bridgehead atoms. The van der Waals surface area contributed by atoms with Crippen molar-refractivity contribution in [3.8, 4) is 0 Å². The van der Waals surface area contributed by atoms with Crippen molar-refractivity contribution in [2.75, 3.05) is 0 Å². The second-order valence-electron chi connectivity index (χ2n) is 18.7. The zero-order chi connectivity index (χ0) is 41.8. The lowest BCUT2D eigenvalue weighted by atomic mass is 9.48. The van der Waals surface area contributed by atoms with Crippen LogP contribution in [0.1, 0.15) is 133 Å². The number of benzene rings is 6. The Balaban J connectivity index is 1.27. The third kappa shape index (κ3) is 5.62. The summed E-state index contributed by atoms with van der Waals surface area (Å²) in [6.07, 6.45) is 7.03. The molecule has 6 heteroatoms. The highest BCUT2D eigenvalue weighted by Crippen LogP contribution is 2.85. The first kappa shape index (κ1) is 40.9. The van der Waals surface area contributed by atoms with Gasteiger partial charge in [-0.05, 0) is 141 Å². The maximum atomic E-state index is 2.87. The van der Waals surface area contributed by atoms with E-state index in [4.69, 9.17) is 0 Å². The van der Waals surface area contributed by atoms with Crippen molar-refractivity contribution in [2.24, 2.45) is 5.41 Å². The van der Waals surface area contributed by atoms with Crippen LogP contribution in [0.15, 0.2) is 139 Å². The van der Waals surface area contributed by atoms with Crippen molar-refractivity contribution in [2.45, 2.75) is 146 Å². The number of rotatable bonds is 6. The van der Waals surface area contributed by atoms with E-state index >= 15 is 0 Å². The van der Waals surface area contributed by atoms with E-state index in [0.29, 0.717) is 0 Å². The molecule has 0 atom stereocenters. The Morgan fingerprint density at radius 1 is 0.339 bits per heavy atom. The molecule has 3 aliphatic heterocycles. The first-order valence-corrected chi connectivity index (χ1v) is 28.9. The Kier molecular flexibility index (Phi) is 10.2. The van der Waals surface area contributed by atoms with E-state index in [-0.39, 0.29) is 21.7 Å². The van der Waals surface area contributed by atoms with Crippen molar-refractivity contribution in [1.82, 2.24) is 0 Å². The number of hydrogen-bond donors (Lipinski definition) is 0. The third-order valence-electron chi connectivity index (χ3n) is 16.0. The van der Waals surface area contributed by atoms with E-state index in [1.54, 1.807) is 33.4 Å². The van der Waals surface area contributed by atoms with Gasteiger partial charge < -0.3 is 0 Å². The van der Waals surface area contributed by atoms with E-state index in [1.165, 1.54) is 82.0 Å². The molecule has 62 heavy (non-hydrogen) atoms. The Morgan fingerprint density at radius 3 is 0.742 bits per heavy atom. The maximum Gasteiger partial charge on any atom is 0.0286 e. The summed E-state index contributed by atoms with van der Waals surface area (Å²) >= 11 is 12.3. The van der Waals surface area contributed by atoms with Crippen LogP contribution in [-0.4, -0.2) is 0 Å². The fraction of sp³-hybridized carbons (Fsp3) is 0.357. The van der Waals surface area contributed by atoms with Crippen molar-refractivity contribution in [3.63, 3.8) is 0 Å². The summed E-state index contributed by atoms with van der Waals surface area (Å²) in [5, 5.41) is 0. The summed E-state index contributed by atoms with van der Waals surface area (Å²) in [4.78, 5) is 8.27. The molecule has 314 valence electrons. The van der Waals surface area contributed by atoms with Crippen LogP contribution in [0.2, 0.25) is 0 Å². The van der Waals surface area contributed by atoms with Crippen LogP contribution < -0.4 is 0 Å². The Bertz CT molecular complexity index is 2350. The summed E-state index contributed by atoms with van der Waals surface area (Å²) in [6, 6.07) is 45.3. The third-order valence-corrected chi connectivity index (χ3v) is 22.3. The normalized spacial score (nSPS) is 25.9. The van der Waals surface area contributed by atoms with E-state index in [9.17, 15) is 0 Å². The van der Waals surface area contributed by atoms with Gasteiger partial charge in [-0.15, -0.1) is 70.6 Å². The molecule has 0 N–H and O–H groups in total. The second kappa shape index (κ2) is 15.5. The van der Waals surface area contributed by atoms with Gasteiger partial charge in [-0.3, -0.25) is 0 Å². The predicted octanol–water partition coefficient (Wildman–Crippen LogP) is 17.0. The van der Waals surface area contributed by atoms with E-state index in [2.05, 4.69) is 137 Å². The average molecular weight is 919 g/mol. The standard InChI is InChI=1S/C56H54S6/c1-5-17-54-47-20-35-29-57-41-11-8-12-42(26-41)58-30-36-21-48(54)50-23-38(36)32-60-44-14-10-16-46(28-44)62-34-40-25-52-51-24-39(40)33-61-45-15-9-13-43(27-45)59-31-37(35)22-49(47)55(51,18-6-2)53(54,4)56(50,52)19-7-3/h8-16,20-28H,5-7,17-19,29-34H2,1-4H3. The highest BCUT2D eigenvalue weighted by atomic mass is 32.2. The molecule has 0 radical (unpaired) electrons. The zero-order valence-corrected chi connectivity index (χ0v) is 41.2. The molecule has 0 nitrogen and oxygen atoms in total. The summed E-state index contributed by atoms with van der Waals surface area (Å²) in [6.45, 7) is 10.3. The lowest BCUT2D eigenvalue weighted by molar-refractivity contribution is 0.0540. The summed E-state index contributed by atoms with van der Waals surface area (Å²) in [7, 11) is 0. The van der Waals surface area contributed by atoms with E-state index < -0.39 is 0 Å². The van der Waals surface area contributed by atoms with Gasteiger partial charge in [0.25, 0.3) is 0 Å². The molecule has 3 heterocycles. The van der Waals surface area contributed by atoms with Crippen molar-refractivity contribution in [3.05, 3.63) is 176 Å². The molecule has 0 saturated heterocycles. The lowest BCUT2D eigenvalue weighted by Gasteiger charge is -2.53. The van der Waals surface area contributed by atoms with Crippen molar-refractivity contribution in [1.29, 1.82) is 0 Å². The first-order valence-electron chi connectivity index (χ1n) is 22.9. The molecule has 3 aliphatic carbocycles. The minimum atomic E-state index is -0.116. The Morgan fingerprint density at radius 2 is 0.548 bits per heavy atom. The van der Waals surface area contributed by atoms with E-state index in [0.717, 1.165) is 53.8 Å². The Labute approximate surface area is 395 Å². The van der Waals surface area contributed by atoms with Gasteiger partial charge in [0.1, 0.15) is 0 Å². The summed E-state index contributed by atoms with van der Waals surface area (Å²) < 4.78 is 0. The van der Waals surface area contributed by atoms with Crippen LogP contribution in [0.4, 0.5) is 0 Å². The highest BCUT2D eigenvalue weighted by Gasteiger charge is 2.82. The SMILES string of the molecule is CCCC12c3cc4c5cc3C3(CCC)c6cc(c7cc6C(CCC)(c6cc(c(cc61)CSc1cccc(c1)SC4)CSc1cccc(c1)SC7)C23C)CSc1cccc(c1)SC5. The minimum Gasteiger partial charge on any atom is -0.121 e. The minimum absolute atomic E-state index is 0.0747. The van der Waals surface area contributed by atoms with Crippen molar-refractivity contribution >= 4 is 70.6 Å². The van der Waals surface area contributed by atoms with Gasteiger partial charge in [0.05, 0.1) is 0 Å². The maximum absolute atomic E-state index is 2.87. The molecule has 6 aromatic carbocycles. The topological polar surface area (TPSA) is 0 Å². The second-order valence-corrected chi connectivity index (χ2v) is 25.0. The molecule has 0 unspecified atom stereocenters. The largest absolute Gasteiger partial charge is 0.121 e. The smallest absolute Gasteiger partial charge is 0.0286 e. The lowest BCUT2D eigenvalue weighted by Crippen LogP contribution is -2.54. The molecule has 6 aromatic rings. The number of fused-ring (bicyclic) bond motifs is 15. The zero-order valence-electron chi connectivity index (χ0n) is 36.3. The average Bonchev–Trinajstić information content (AvgIpc) is 3.68. The van der Waals surface area contributed by atoms with Gasteiger partial charge in [0.15, 0.2) is 0 Å². The molecule has 0 amide bonds. The fourth-order valence-corrected chi connectivity index (χ4v) is 19.8. The van der Waals surface area contributed by atoms with Gasteiger partial charge >= 0.3 is 0 Å². The highest BCUT2D eigenvalue weighted by molar-refractivity contribution is 8.00. The van der Waals surface area contributed by atoms with Crippen LogP contribution in [0.5, 0.6) is 0 Å². The van der Waals surface area contributed by atoms with Gasteiger partial charge in [-0.1, -0.05) is 102 Å². The van der Waals surface area contributed by atoms with Crippen LogP contribution in [0.3, 0.4) is 0 Å².